The number of amides is 13. The Morgan fingerprint density at radius 2 is 1.17 bits per heavy atom. The van der Waals surface area contributed by atoms with Gasteiger partial charge in [0.15, 0.2) is 0 Å². The lowest BCUT2D eigenvalue weighted by Crippen LogP contribution is -2.58. The average Bonchev–Trinajstić information content (AvgIpc) is 1.83. The number of likely N-dealkylation sites (tertiary alicyclic amines) is 2. The molecule has 5 atom stereocenters. The van der Waals surface area contributed by atoms with Crippen molar-refractivity contribution in [1.29, 1.82) is 0 Å². The van der Waals surface area contributed by atoms with E-state index in [4.69, 9.17) is 20.9 Å². The van der Waals surface area contributed by atoms with E-state index in [9.17, 15) is 62.3 Å². The van der Waals surface area contributed by atoms with E-state index in [1.54, 1.807) is 36.4 Å². The molecule has 29 heteroatoms. The molecule has 5 rings (SSSR count). The number of carbonyl (C=O) groups excluding carboxylic acids is 13. The Bertz CT molecular complexity index is 3000. The summed E-state index contributed by atoms with van der Waals surface area (Å²) in [5, 5.41) is 22.8. The van der Waals surface area contributed by atoms with Crippen LogP contribution >= 0.6 is 11.8 Å². The fourth-order valence-corrected chi connectivity index (χ4v) is 10.6. The zero-order valence-electron chi connectivity index (χ0n) is 52.8. The zero-order valence-corrected chi connectivity index (χ0v) is 53.6. The molecular formula is C64H89N13O15S. The molecule has 0 spiro atoms. The van der Waals surface area contributed by atoms with Gasteiger partial charge in [0.2, 0.25) is 76.8 Å². The van der Waals surface area contributed by atoms with Crippen molar-refractivity contribution >= 4 is 94.2 Å². The van der Waals surface area contributed by atoms with Crippen LogP contribution in [0.2, 0.25) is 0 Å². The monoisotopic (exact) mass is 1310 g/mol. The number of benzene rings is 3. The minimum absolute atomic E-state index is 0.0746. The van der Waals surface area contributed by atoms with Gasteiger partial charge in [0.1, 0.15) is 18.1 Å². The van der Waals surface area contributed by atoms with Crippen LogP contribution in [0.15, 0.2) is 84.9 Å². The molecule has 2 saturated heterocycles. The summed E-state index contributed by atoms with van der Waals surface area (Å²) < 4.78 is 10.9. The van der Waals surface area contributed by atoms with Crippen LogP contribution in [-0.4, -0.2) is 201 Å². The zero-order chi connectivity index (χ0) is 67.5. The van der Waals surface area contributed by atoms with Gasteiger partial charge in [0.25, 0.3) is 0 Å². The summed E-state index contributed by atoms with van der Waals surface area (Å²) in [7, 11) is 0. The molecule has 0 aromatic heterocycles. The molecule has 2 aliphatic heterocycles. The fourth-order valence-electron chi connectivity index (χ4n) is 9.55. The number of nitrogens with zero attached hydrogens (tertiary/aromatic N) is 2. The highest BCUT2D eigenvalue weighted by atomic mass is 32.2. The van der Waals surface area contributed by atoms with Gasteiger partial charge in [-0.15, -0.1) is 11.8 Å². The van der Waals surface area contributed by atoms with Crippen molar-refractivity contribution in [2.45, 2.75) is 120 Å². The molecule has 2 fully saturated rings. The van der Waals surface area contributed by atoms with Crippen molar-refractivity contribution in [3.8, 4) is 0 Å². The van der Waals surface area contributed by atoms with Gasteiger partial charge in [-0.1, -0.05) is 86.6 Å². The highest BCUT2D eigenvalue weighted by molar-refractivity contribution is 8.00. The standard InChI is InChI=1S/C64H89N13O15S/c1-42(2)35-49(75-63(89)50(37-45-13-7-4-8-14-45)74-60(86)47(66)36-44-11-5-3-6-12-44)62(88)73-48(15-9-10-25-65)61(87)71-41-56(82)70-40-55(81)69-39-54(80)68-27-34-93-51-38-59(85)77(64(51)90)28-22-52(78)67-26-31-92-33-32-91-30-24-53(79)72-46-19-16-43(17-20-46)18-21-57(83)76-29-23-58(76)84/h3-8,11-14,16-17,19-20,42,47-51H,9-10,15,18,21-41,65-66H2,1-2H3,(H,67,78)(H,68,80)(H,69,81)(H,70,82)(H,71,87)(H,72,79)(H,73,88)(H,74,86)(H,75,89)/t47-,48-,49-,50-,51?/m1/s1. The lowest BCUT2D eigenvalue weighted by atomic mass is 9.99. The van der Waals surface area contributed by atoms with Crippen molar-refractivity contribution in [3.05, 3.63) is 102 Å². The lowest BCUT2D eigenvalue weighted by Gasteiger charge is -2.28. The number of hydrogen-bond donors (Lipinski definition) is 11. The van der Waals surface area contributed by atoms with E-state index < -0.39 is 102 Å². The molecule has 3 aromatic carbocycles. The van der Waals surface area contributed by atoms with Crippen LogP contribution < -0.4 is 59.3 Å². The number of hydrogen-bond acceptors (Lipinski definition) is 18. The SMILES string of the molecule is CC(C)C[C@@H](NC(=O)[C@@H](Cc1ccccc1)NC(=O)[C@H](N)Cc1ccccc1)C(=O)N[C@H](CCCCN)C(=O)NCC(=O)NCC(=O)NCC(=O)NCCSC1CC(=O)N(CCC(=O)NCCOCCOCCC(=O)Nc2ccc(CCC(=O)N3CCC3=O)cc2)C1=O. The molecule has 28 nitrogen and oxygen atoms in total. The number of imide groups is 2. The maximum atomic E-state index is 14.0. The van der Waals surface area contributed by atoms with E-state index in [0.717, 1.165) is 33.4 Å². The second-order valence-electron chi connectivity index (χ2n) is 22.7. The van der Waals surface area contributed by atoms with Crippen LogP contribution in [0.4, 0.5) is 5.69 Å². The van der Waals surface area contributed by atoms with Gasteiger partial charge in [-0.2, -0.15) is 0 Å². The highest BCUT2D eigenvalue weighted by Crippen LogP contribution is 2.25. The molecule has 93 heavy (non-hydrogen) atoms. The Labute approximate surface area is 545 Å². The Morgan fingerprint density at radius 1 is 0.581 bits per heavy atom. The Kier molecular flexibility index (Phi) is 33.1. The molecule has 13 amide bonds. The van der Waals surface area contributed by atoms with Gasteiger partial charge >= 0.3 is 0 Å². The predicted molar refractivity (Wildman–Crippen MR) is 345 cm³/mol. The van der Waals surface area contributed by atoms with E-state index in [0.29, 0.717) is 44.5 Å². The predicted octanol–water partition coefficient (Wildman–Crippen LogP) is -0.986. The molecule has 0 radical (unpaired) electrons. The normalized spacial score (nSPS) is 14.8. The molecule has 2 aliphatic rings. The molecule has 0 aliphatic carbocycles. The van der Waals surface area contributed by atoms with Gasteiger partial charge in [-0.05, 0) is 79.8 Å². The third-order valence-electron chi connectivity index (χ3n) is 14.7. The minimum Gasteiger partial charge on any atom is -0.379 e. The van der Waals surface area contributed by atoms with Crippen LogP contribution in [0.3, 0.4) is 0 Å². The third kappa shape index (κ3) is 28.4. The second-order valence-corrected chi connectivity index (χ2v) is 24.0. The van der Waals surface area contributed by atoms with Crippen molar-refractivity contribution < 1.29 is 71.8 Å². The second kappa shape index (κ2) is 41.1. The summed E-state index contributed by atoms with van der Waals surface area (Å²) >= 11 is 1.16. The van der Waals surface area contributed by atoms with Gasteiger partial charge in [-0.25, -0.2) is 0 Å². The molecule has 1 unspecified atom stereocenters. The number of anilines is 1. The van der Waals surface area contributed by atoms with E-state index in [1.165, 1.54) is 4.90 Å². The summed E-state index contributed by atoms with van der Waals surface area (Å²) in [6.07, 6.45) is 2.63. The first-order valence-corrected chi connectivity index (χ1v) is 32.4. The Morgan fingerprint density at radius 3 is 1.80 bits per heavy atom. The largest absolute Gasteiger partial charge is 0.379 e. The van der Waals surface area contributed by atoms with E-state index >= 15 is 0 Å². The van der Waals surface area contributed by atoms with Gasteiger partial charge in [0, 0.05) is 69.7 Å². The number of nitrogens with two attached hydrogens (primary N) is 2. The number of β-lactam (4-membered cyclic amide) rings is 1. The van der Waals surface area contributed by atoms with Gasteiger partial charge in [-0.3, -0.25) is 72.1 Å². The lowest BCUT2D eigenvalue weighted by molar-refractivity contribution is -0.152. The number of thioether (sulfide) groups is 1. The topological polar surface area (TPSA) is 407 Å². The summed E-state index contributed by atoms with van der Waals surface area (Å²) in [6.45, 7) is 3.86. The number of unbranched alkanes of at least 4 members (excludes halogenated alkanes) is 1. The molecule has 0 bridgehead atoms. The van der Waals surface area contributed by atoms with E-state index in [2.05, 4.69) is 47.9 Å². The minimum atomic E-state index is -1.15. The summed E-state index contributed by atoms with van der Waals surface area (Å²) in [6, 6.07) is 20.9. The Balaban J connectivity index is 0.906. The quantitative estimate of drug-likeness (QED) is 0.0184. The van der Waals surface area contributed by atoms with Crippen molar-refractivity contribution in [1.82, 2.24) is 52.3 Å². The first-order valence-electron chi connectivity index (χ1n) is 31.3. The van der Waals surface area contributed by atoms with Crippen molar-refractivity contribution in [2.24, 2.45) is 17.4 Å². The van der Waals surface area contributed by atoms with Crippen LogP contribution in [0.25, 0.3) is 0 Å². The number of aryl methyl sites for hydroxylation is 1. The maximum absolute atomic E-state index is 14.0. The molecule has 0 saturated carbocycles. The molecule has 13 N–H and O–H groups in total. The molecule has 2 heterocycles. The van der Waals surface area contributed by atoms with Crippen molar-refractivity contribution in [2.75, 3.05) is 89.9 Å². The summed E-state index contributed by atoms with van der Waals surface area (Å²) in [5.74, 6) is -6.30. The molecule has 506 valence electrons. The maximum Gasteiger partial charge on any atom is 0.243 e. The fraction of sp³-hybridized carbons (Fsp3) is 0.516. The van der Waals surface area contributed by atoms with Crippen LogP contribution in [0.1, 0.15) is 88.3 Å². The van der Waals surface area contributed by atoms with Gasteiger partial charge < -0.3 is 68.8 Å². The molecular weight excluding hydrogens is 1220 g/mol. The number of ether oxygens (including phenoxy) is 2. The smallest absolute Gasteiger partial charge is 0.243 e. The average molecular weight is 1310 g/mol. The third-order valence-corrected chi connectivity index (χ3v) is 15.9. The van der Waals surface area contributed by atoms with Crippen LogP contribution in [-0.2, 0) is 91.1 Å². The first kappa shape index (κ1) is 75.1. The molecule has 3 aromatic rings. The first-order chi connectivity index (χ1) is 44.7. The summed E-state index contributed by atoms with van der Waals surface area (Å²) in [5.41, 5.74) is 15.1. The summed E-state index contributed by atoms with van der Waals surface area (Å²) in [4.78, 5) is 169. The van der Waals surface area contributed by atoms with Crippen LogP contribution in [0, 0.1) is 5.92 Å². The van der Waals surface area contributed by atoms with E-state index in [-0.39, 0.29) is 133 Å². The Hall–Kier alpha value is -8.64. The van der Waals surface area contributed by atoms with Crippen molar-refractivity contribution in [3.63, 3.8) is 0 Å². The number of carbonyl (C=O) groups is 13. The number of nitrogens with one attached hydrogen (secondary N) is 9. The number of rotatable bonds is 43. The van der Waals surface area contributed by atoms with Gasteiger partial charge in [0.05, 0.1) is 63.8 Å². The van der Waals surface area contributed by atoms with Crippen LogP contribution in [0.5, 0.6) is 0 Å². The van der Waals surface area contributed by atoms with E-state index in [1.807, 2.05) is 62.4 Å². The highest BCUT2D eigenvalue weighted by Gasteiger charge is 2.39.